The van der Waals surface area contributed by atoms with Crippen molar-refractivity contribution in [2.75, 3.05) is 11.5 Å². The summed E-state index contributed by atoms with van der Waals surface area (Å²) in [5, 5.41) is 11.8. The summed E-state index contributed by atoms with van der Waals surface area (Å²) >= 11 is 1.59. The molecule has 1 fully saturated rings. The molecule has 1 rings (SSSR count). The highest BCUT2D eigenvalue weighted by Crippen LogP contribution is 2.25. The lowest BCUT2D eigenvalue weighted by molar-refractivity contribution is -0.142. The molecule has 2 atom stereocenters. The molecule has 0 bridgehead atoms. The first-order chi connectivity index (χ1) is 7.65. The molecule has 0 radical (unpaired) electrons. The summed E-state index contributed by atoms with van der Waals surface area (Å²) in [6, 6.07) is -0.160. The number of hydrogen-bond acceptors (Lipinski definition) is 3. The van der Waals surface area contributed by atoms with Gasteiger partial charge in [0.2, 0.25) is 5.91 Å². The van der Waals surface area contributed by atoms with Gasteiger partial charge in [-0.1, -0.05) is 13.3 Å². The third-order valence-electron chi connectivity index (χ3n) is 2.76. The Morgan fingerprint density at radius 3 is 2.81 bits per heavy atom. The van der Waals surface area contributed by atoms with Crippen LogP contribution in [0.4, 0.5) is 0 Å². The van der Waals surface area contributed by atoms with E-state index < -0.39 is 5.97 Å². The van der Waals surface area contributed by atoms with Gasteiger partial charge in [0.05, 0.1) is 11.7 Å². The fraction of sp³-hybridized carbons (Fsp3) is 0.818. The van der Waals surface area contributed by atoms with Gasteiger partial charge in [-0.3, -0.25) is 9.59 Å². The van der Waals surface area contributed by atoms with E-state index in [1.165, 1.54) is 0 Å². The van der Waals surface area contributed by atoms with Gasteiger partial charge in [0.15, 0.2) is 0 Å². The second-order valence-electron chi connectivity index (χ2n) is 4.10. The number of carbonyl (C=O) groups excluding carboxylic acids is 1. The zero-order valence-corrected chi connectivity index (χ0v) is 10.4. The van der Waals surface area contributed by atoms with E-state index in [9.17, 15) is 9.59 Å². The lowest BCUT2D eigenvalue weighted by Gasteiger charge is -2.17. The van der Waals surface area contributed by atoms with E-state index in [0.717, 1.165) is 25.0 Å². The van der Waals surface area contributed by atoms with Crippen LogP contribution in [0.3, 0.4) is 0 Å². The fourth-order valence-corrected chi connectivity index (χ4v) is 2.69. The van der Waals surface area contributed by atoms with Crippen LogP contribution in [0.1, 0.15) is 32.6 Å². The van der Waals surface area contributed by atoms with Gasteiger partial charge >= 0.3 is 5.97 Å². The van der Waals surface area contributed by atoms with Gasteiger partial charge in [0.25, 0.3) is 0 Å². The molecule has 1 aliphatic carbocycles. The summed E-state index contributed by atoms with van der Waals surface area (Å²) in [6.07, 6.45) is 3.42. The van der Waals surface area contributed by atoms with E-state index in [0.29, 0.717) is 12.2 Å². The molecule has 0 aliphatic heterocycles. The van der Waals surface area contributed by atoms with Crippen molar-refractivity contribution in [3.05, 3.63) is 0 Å². The first kappa shape index (κ1) is 13.4. The third kappa shape index (κ3) is 4.04. The van der Waals surface area contributed by atoms with E-state index in [2.05, 4.69) is 12.2 Å². The second-order valence-corrected chi connectivity index (χ2v) is 5.21. The molecule has 16 heavy (non-hydrogen) atoms. The fourth-order valence-electron chi connectivity index (χ4n) is 1.99. The molecule has 2 unspecified atom stereocenters. The average Bonchev–Trinajstić information content (AvgIpc) is 2.66. The van der Waals surface area contributed by atoms with Crippen molar-refractivity contribution in [1.29, 1.82) is 0 Å². The molecule has 0 aromatic heterocycles. The Bertz CT molecular complexity index is 258. The lowest BCUT2D eigenvalue weighted by atomic mass is 10.0. The summed E-state index contributed by atoms with van der Waals surface area (Å²) < 4.78 is 0. The number of nitrogens with one attached hydrogen (secondary N) is 1. The number of hydrogen-bond donors (Lipinski definition) is 2. The van der Waals surface area contributed by atoms with E-state index >= 15 is 0 Å². The molecule has 2 N–H and O–H groups in total. The molecule has 0 aromatic rings. The first-order valence-corrected chi connectivity index (χ1v) is 6.90. The number of carbonyl (C=O) groups is 2. The maximum absolute atomic E-state index is 11.5. The molecule has 0 aromatic carbocycles. The van der Waals surface area contributed by atoms with E-state index in [1.807, 2.05) is 0 Å². The van der Waals surface area contributed by atoms with Crippen molar-refractivity contribution in [2.24, 2.45) is 5.92 Å². The first-order valence-electron chi connectivity index (χ1n) is 5.75. The molecule has 1 saturated carbocycles. The smallest absolute Gasteiger partial charge is 0.308 e. The summed E-state index contributed by atoms with van der Waals surface area (Å²) in [4.78, 5) is 22.4. The van der Waals surface area contributed by atoms with Crippen LogP contribution in [0.25, 0.3) is 0 Å². The van der Waals surface area contributed by atoms with Crippen LogP contribution < -0.4 is 5.32 Å². The highest BCUT2D eigenvalue weighted by Gasteiger charge is 2.33. The van der Waals surface area contributed by atoms with Crippen LogP contribution >= 0.6 is 11.8 Å². The van der Waals surface area contributed by atoms with E-state index in [4.69, 9.17) is 5.11 Å². The number of amides is 1. The molecule has 1 aliphatic rings. The number of carboxylic acids is 1. The quantitative estimate of drug-likeness (QED) is 0.696. The van der Waals surface area contributed by atoms with Gasteiger partial charge in [-0.25, -0.2) is 0 Å². The lowest BCUT2D eigenvalue weighted by Crippen LogP contribution is -2.41. The summed E-state index contributed by atoms with van der Waals surface area (Å²) in [6.45, 7) is 2.07. The molecule has 5 heteroatoms. The van der Waals surface area contributed by atoms with Crippen molar-refractivity contribution in [2.45, 2.75) is 38.6 Å². The number of rotatable bonds is 6. The molecule has 1 amide bonds. The van der Waals surface area contributed by atoms with Crippen LogP contribution in [0.2, 0.25) is 0 Å². The number of aliphatic carboxylic acids is 1. The maximum atomic E-state index is 11.5. The predicted molar refractivity (Wildman–Crippen MR) is 64.5 cm³/mol. The van der Waals surface area contributed by atoms with Crippen molar-refractivity contribution >= 4 is 23.6 Å². The Kier molecular flexibility index (Phi) is 5.66. The second kappa shape index (κ2) is 6.78. The molecule has 4 nitrogen and oxygen atoms in total. The van der Waals surface area contributed by atoms with Crippen LogP contribution in [-0.4, -0.2) is 34.5 Å². The van der Waals surface area contributed by atoms with Gasteiger partial charge in [0, 0.05) is 6.04 Å². The monoisotopic (exact) mass is 245 g/mol. The molecular weight excluding hydrogens is 226 g/mol. The third-order valence-corrected chi connectivity index (χ3v) is 3.92. The molecule has 0 heterocycles. The molecule has 0 spiro atoms. The average molecular weight is 245 g/mol. The van der Waals surface area contributed by atoms with Crippen molar-refractivity contribution < 1.29 is 14.7 Å². The van der Waals surface area contributed by atoms with Gasteiger partial charge in [-0.15, -0.1) is 0 Å². The normalized spacial score (nSPS) is 24.3. The van der Waals surface area contributed by atoms with Crippen molar-refractivity contribution in [3.8, 4) is 0 Å². The maximum Gasteiger partial charge on any atom is 0.308 e. The Labute approximate surface area is 100 Å². The summed E-state index contributed by atoms with van der Waals surface area (Å²) in [7, 11) is 0. The van der Waals surface area contributed by atoms with Gasteiger partial charge < -0.3 is 10.4 Å². The molecular formula is C11H19NO3S. The topological polar surface area (TPSA) is 66.4 Å². The van der Waals surface area contributed by atoms with E-state index in [1.54, 1.807) is 11.8 Å². The van der Waals surface area contributed by atoms with Crippen LogP contribution in [0.5, 0.6) is 0 Å². The SMILES string of the molecule is CCCSCC(=O)NC1CCCC1C(=O)O. The number of carboxylic acid groups (broad SMARTS) is 1. The van der Waals surface area contributed by atoms with E-state index in [-0.39, 0.29) is 17.9 Å². The van der Waals surface area contributed by atoms with Crippen molar-refractivity contribution in [1.82, 2.24) is 5.32 Å². The zero-order valence-electron chi connectivity index (χ0n) is 9.57. The van der Waals surface area contributed by atoms with Crippen LogP contribution in [0.15, 0.2) is 0 Å². The molecule has 92 valence electrons. The Morgan fingerprint density at radius 2 is 2.19 bits per heavy atom. The Balaban J connectivity index is 2.30. The standard InChI is InChI=1S/C11H19NO3S/c1-2-6-16-7-10(13)12-9-5-3-4-8(9)11(14)15/h8-9H,2-7H2,1H3,(H,12,13)(H,14,15). The van der Waals surface area contributed by atoms with Gasteiger partial charge in [0.1, 0.15) is 0 Å². The van der Waals surface area contributed by atoms with Crippen molar-refractivity contribution in [3.63, 3.8) is 0 Å². The Hall–Kier alpha value is -0.710. The highest BCUT2D eigenvalue weighted by molar-refractivity contribution is 7.99. The zero-order chi connectivity index (χ0) is 12.0. The summed E-state index contributed by atoms with van der Waals surface area (Å²) in [5.41, 5.74) is 0. The largest absolute Gasteiger partial charge is 0.481 e. The predicted octanol–water partition coefficient (Wildman–Crippen LogP) is 1.50. The van der Waals surface area contributed by atoms with Crippen LogP contribution in [-0.2, 0) is 9.59 Å². The number of thioether (sulfide) groups is 1. The Morgan fingerprint density at radius 1 is 1.44 bits per heavy atom. The highest BCUT2D eigenvalue weighted by atomic mass is 32.2. The molecule has 0 saturated heterocycles. The van der Waals surface area contributed by atoms with Gasteiger partial charge in [-0.2, -0.15) is 11.8 Å². The minimum absolute atomic E-state index is 0.0309. The minimum Gasteiger partial charge on any atom is -0.481 e. The van der Waals surface area contributed by atoms with Gasteiger partial charge in [-0.05, 0) is 25.0 Å². The minimum atomic E-state index is -0.788. The van der Waals surface area contributed by atoms with Crippen LogP contribution in [0, 0.1) is 5.92 Å². The summed E-state index contributed by atoms with van der Waals surface area (Å²) in [5.74, 6) is 0.206.